The van der Waals surface area contributed by atoms with Crippen molar-refractivity contribution in [1.82, 2.24) is 4.90 Å². The third-order valence-corrected chi connectivity index (χ3v) is 1.51. The van der Waals surface area contributed by atoms with Gasteiger partial charge in [-0.15, -0.1) is 0 Å². The minimum atomic E-state index is -0.382. The highest BCUT2D eigenvalue weighted by atomic mass is 16.2. The molecule has 0 spiro atoms. The Bertz CT molecular complexity index is 121. The summed E-state index contributed by atoms with van der Waals surface area (Å²) in [7, 11) is 1.76. The molecule has 2 N–H and O–H groups in total. The second-order valence-corrected chi connectivity index (χ2v) is 2.83. The predicted molar refractivity (Wildman–Crippen MR) is 41.6 cm³/mol. The van der Waals surface area contributed by atoms with Crippen LogP contribution >= 0.6 is 0 Å². The lowest BCUT2D eigenvalue weighted by molar-refractivity contribution is -0.132. The maximum Gasteiger partial charge on any atom is 0.239 e. The third-order valence-electron chi connectivity index (χ3n) is 1.51. The van der Waals surface area contributed by atoms with Crippen LogP contribution in [-0.4, -0.2) is 29.9 Å². The molecule has 0 aliphatic carbocycles. The first-order valence-corrected chi connectivity index (χ1v) is 3.49. The van der Waals surface area contributed by atoms with Gasteiger partial charge in [0.1, 0.15) is 0 Å². The molecule has 60 valence electrons. The van der Waals surface area contributed by atoms with Gasteiger partial charge in [-0.2, -0.15) is 0 Å². The summed E-state index contributed by atoms with van der Waals surface area (Å²) in [6.45, 7) is 5.61. The Hall–Kier alpha value is -0.570. The molecule has 0 aromatic heterocycles. The van der Waals surface area contributed by atoms with Crippen LogP contribution in [0, 0.1) is 0 Å². The minimum Gasteiger partial charge on any atom is -0.342 e. The fraction of sp³-hybridized carbons (Fsp3) is 0.857. The van der Waals surface area contributed by atoms with Crippen LogP contribution in [0.3, 0.4) is 0 Å². The summed E-state index contributed by atoms with van der Waals surface area (Å²) in [4.78, 5) is 12.7. The van der Waals surface area contributed by atoms with Crippen LogP contribution in [0.2, 0.25) is 0 Å². The molecule has 3 heteroatoms. The molecule has 1 amide bonds. The number of rotatable bonds is 2. The van der Waals surface area contributed by atoms with Gasteiger partial charge in [0, 0.05) is 13.1 Å². The first-order valence-electron chi connectivity index (χ1n) is 3.49. The summed E-state index contributed by atoms with van der Waals surface area (Å²) >= 11 is 0. The molecule has 0 radical (unpaired) electrons. The van der Waals surface area contributed by atoms with E-state index in [1.165, 1.54) is 0 Å². The fourth-order valence-corrected chi connectivity index (χ4v) is 0.576. The summed E-state index contributed by atoms with van der Waals surface area (Å²) in [6.07, 6.45) is 0. The number of likely N-dealkylation sites (N-methyl/N-ethyl adjacent to an activating group) is 1. The summed E-state index contributed by atoms with van der Waals surface area (Å²) in [5.41, 5.74) is 5.38. The van der Waals surface area contributed by atoms with Crippen LogP contribution in [-0.2, 0) is 4.79 Å². The second-order valence-electron chi connectivity index (χ2n) is 2.83. The zero-order valence-electron chi connectivity index (χ0n) is 7.09. The van der Waals surface area contributed by atoms with Crippen LogP contribution in [0.5, 0.6) is 0 Å². The number of hydrogen-bond donors (Lipinski definition) is 1. The Morgan fingerprint density at radius 1 is 1.40 bits per heavy atom. The average molecular weight is 144 g/mol. The summed E-state index contributed by atoms with van der Waals surface area (Å²) in [5.74, 6) is -0.00463. The van der Waals surface area contributed by atoms with E-state index in [4.69, 9.17) is 5.73 Å². The molecular formula is C7H16N2O. The van der Waals surface area contributed by atoms with E-state index in [-0.39, 0.29) is 18.0 Å². The molecule has 10 heavy (non-hydrogen) atoms. The van der Waals surface area contributed by atoms with Gasteiger partial charge in [0.15, 0.2) is 0 Å². The molecule has 0 rings (SSSR count). The largest absolute Gasteiger partial charge is 0.342 e. The maximum atomic E-state index is 11.1. The second kappa shape index (κ2) is 3.56. The Labute approximate surface area is 62.2 Å². The van der Waals surface area contributed by atoms with Crippen molar-refractivity contribution in [2.24, 2.45) is 5.73 Å². The summed E-state index contributed by atoms with van der Waals surface area (Å²) in [5, 5.41) is 0. The zero-order chi connectivity index (χ0) is 8.31. The van der Waals surface area contributed by atoms with Gasteiger partial charge < -0.3 is 10.6 Å². The molecule has 0 saturated carbocycles. The van der Waals surface area contributed by atoms with E-state index in [9.17, 15) is 4.79 Å². The van der Waals surface area contributed by atoms with Crippen LogP contribution in [0.4, 0.5) is 0 Å². The summed E-state index contributed by atoms with van der Waals surface area (Å²) in [6, 6.07) is -0.147. The first kappa shape index (κ1) is 9.43. The van der Waals surface area contributed by atoms with E-state index in [1.807, 2.05) is 13.8 Å². The van der Waals surface area contributed by atoms with Gasteiger partial charge in [-0.25, -0.2) is 0 Å². The summed E-state index contributed by atoms with van der Waals surface area (Å²) < 4.78 is 0. The van der Waals surface area contributed by atoms with Crippen molar-refractivity contribution < 1.29 is 4.79 Å². The van der Waals surface area contributed by atoms with Gasteiger partial charge in [0.2, 0.25) is 5.91 Å². The molecule has 0 aliphatic heterocycles. The number of amides is 1. The van der Waals surface area contributed by atoms with Gasteiger partial charge in [0.05, 0.1) is 6.04 Å². The minimum absolute atomic E-state index is 0.00463. The predicted octanol–water partition coefficient (Wildman–Crippen LogP) is 0.200. The molecular weight excluding hydrogens is 128 g/mol. The molecule has 0 aliphatic rings. The number of nitrogens with two attached hydrogens (primary N) is 1. The molecule has 1 atom stereocenters. The Kier molecular flexibility index (Phi) is 3.36. The van der Waals surface area contributed by atoms with E-state index in [0.717, 1.165) is 0 Å². The number of nitrogens with zero attached hydrogens (tertiary/aromatic N) is 1. The maximum absolute atomic E-state index is 11.1. The third kappa shape index (κ3) is 2.35. The number of hydrogen-bond acceptors (Lipinski definition) is 2. The first-order chi connectivity index (χ1) is 4.46. The molecule has 0 heterocycles. The molecule has 0 aromatic carbocycles. The smallest absolute Gasteiger partial charge is 0.239 e. The highest BCUT2D eigenvalue weighted by molar-refractivity contribution is 5.81. The highest BCUT2D eigenvalue weighted by Crippen LogP contribution is 1.95. The fourth-order valence-electron chi connectivity index (χ4n) is 0.576. The lowest BCUT2D eigenvalue weighted by atomic mass is 10.2. The van der Waals surface area contributed by atoms with E-state index in [0.29, 0.717) is 0 Å². The topological polar surface area (TPSA) is 46.3 Å². The normalized spacial score (nSPS) is 13.4. The molecule has 0 fully saturated rings. The van der Waals surface area contributed by atoms with Crippen molar-refractivity contribution in [3.63, 3.8) is 0 Å². The lowest BCUT2D eigenvalue weighted by Gasteiger charge is -2.22. The van der Waals surface area contributed by atoms with Crippen molar-refractivity contribution in [2.45, 2.75) is 32.9 Å². The van der Waals surface area contributed by atoms with Gasteiger partial charge in [-0.1, -0.05) is 0 Å². The van der Waals surface area contributed by atoms with Crippen molar-refractivity contribution in [1.29, 1.82) is 0 Å². The van der Waals surface area contributed by atoms with Crippen LogP contribution in [0.15, 0.2) is 0 Å². The van der Waals surface area contributed by atoms with Crippen molar-refractivity contribution >= 4 is 5.91 Å². The number of carbonyl (C=O) groups excluding carboxylic acids is 1. The van der Waals surface area contributed by atoms with Crippen LogP contribution < -0.4 is 5.73 Å². The monoisotopic (exact) mass is 144 g/mol. The van der Waals surface area contributed by atoms with E-state index >= 15 is 0 Å². The van der Waals surface area contributed by atoms with Crippen LogP contribution in [0.1, 0.15) is 20.8 Å². The van der Waals surface area contributed by atoms with Crippen molar-refractivity contribution in [3.8, 4) is 0 Å². The van der Waals surface area contributed by atoms with E-state index in [2.05, 4.69) is 0 Å². The van der Waals surface area contributed by atoms with E-state index in [1.54, 1.807) is 18.9 Å². The lowest BCUT2D eigenvalue weighted by Crippen LogP contribution is -2.43. The highest BCUT2D eigenvalue weighted by Gasteiger charge is 2.14. The molecule has 0 saturated heterocycles. The quantitative estimate of drug-likeness (QED) is 0.601. The van der Waals surface area contributed by atoms with E-state index < -0.39 is 0 Å². The molecule has 0 bridgehead atoms. The molecule has 0 aromatic rings. The van der Waals surface area contributed by atoms with Gasteiger partial charge in [-0.3, -0.25) is 4.79 Å². The zero-order valence-corrected chi connectivity index (χ0v) is 7.09. The standard InChI is InChI=1S/C7H16N2O/c1-5(2)9(4)7(10)6(3)8/h5-6H,8H2,1-4H3. The van der Waals surface area contributed by atoms with Gasteiger partial charge in [-0.05, 0) is 20.8 Å². The Balaban J connectivity index is 3.95. The molecule has 3 nitrogen and oxygen atoms in total. The van der Waals surface area contributed by atoms with Crippen molar-refractivity contribution in [2.75, 3.05) is 7.05 Å². The van der Waals surface area contributed by atoms with Crippen molar-refractivity contribution in [3.05, 3.63) is 0 Å². The Morgan fingerprint density at radius 2 is 1.80 bits per heavy atom. The average Bonchev–Trinajstić information content (AvgIpc) is 1.84. The Morgan fingerprint density at radius 3 is 1.90 bits per heavy atom. The van der Waals surface area contributed by atoms with Crippen LogP contribution in [0.25, 0.3) is 0 Å². The SMILES string of the molecule is CC(N)C(=O)N(C)C(C)C. The van der Waals surface area contributed by atoms with Gasteiger partial charge >= 0.3 is 0 Å². The number of carbonyl (C=O) groups is 1. The molecule has 1 unspecified atom stereocenters. The van der Waals surface area contributed by atoms with Gasteiger partial charge in [0.25, 0.3) is 0 Å².